The predicted octanol–water partition coefficient (Wildman–Crippen LogP) is 4.95. The molecule has 1 heterocycles. The van der Waals surface area contributed by atoms with E-state index in [9.17, 15) is 14.4 Å². The normalized spacial score (nSPS) is 21.1. The minimum absolute atomic E-state index is 0.0402. The number of ether oxygens (including phenoxy) is 1. The number of amides is 2. The van der Waals surface area contributed by atoms with Gasteiger partial charge < -0.3 is 19.3 Å². The van der Waals surface area contributed by atoms with Crippen molar-refractivity contribution in [3.05, 3.63) is 0 Å². The SMILES string of the molecule is CC.CC.CC(C)OCC(=O)N(C)CCCC1CCN(C(=O)C2CCC(C=O)CC2)CC1. The Morgan fingerprint density at radius 3 is 2.06 bits per heavy atom. The molecule has 1 saturated carbocycles. The lowest BCUT2D eigenvalue weighted by molar-refractivity contribution is -0.139. The lowest BCUT2D eigenvalue weighted by atomic mass is 9.81. The van der Waals surface area contributed by atoms with Crippen LogP contribution < -0.4 is 0 Å². The number of carbonyl (C=O) groups is 3. The van der Waals surface area contributed by atoms with Gasteiger partial charge in [-0.05, 0) is 71.1 Å². The van der Waals surface area contributed by atoms with Crippen molar-refractivity contribution in [3.8, 4) is 0 Å². The van der Waals surface area contributed by atoms with Crippen LogP contribution in [0.1, 0.15) is 92.9 Å². The first-order valence-corrected chi connectivity index (χ1v) is 13.0. The van der Waals surface area contributed by atoms with Gasteiger partial charge in [-0.3, -0.25) is 9.59 Å². The first-order chi connectivity index (χ1) is 15.4. The quantitative estimate of drug-likeness (QED) is 0.463. The molecular formula is C26H50N2O4. The molecule has 0 aromatic carbocycles. The monoisotopic (exact) mass is 454 g/mol. The standard InChI is InChI=1S/C22H38N2O4.2C2H6/c1-17(2)28-16-21(26)23(3)12-4-5-18-10-13-24(14-11-18)22(27)20-8-6-19(15-25)7-9-20;2*1-2/h15,17-20H,4-14,16H2,1-3H3;2*1-2H3. The van der Waals surface area contributed by atoms with Crippen LogP contribution in [0, 0.1) is 17.8 Å². The van der Waals surface area contributed by atoms with Gasteiger partial charge >= 0.3 is 0 Å². The highest BCUT2D eigenvalue weighted by molar-refractivity contribution is 5.79. The Morgan fingerprint density at radius 1 is 1.00 bits per heavy atom. The largest absolute Gasteiger partial charge is 0.369 e. The number of nitrogens with zero attached hydrogens (tertiary/aromatic N) is 2. The summed E-state index contributed by atoms with van der Waals surface area (Å²) in [6, 6.07) is 0. The molecule has 0 radical (unpaired) electrons. The van der Waals surface area contributed by atoms with Crippen LogP contribution in [0.15, 0.2) is 0 Å². The number of aldehydes is 1. The van der Waals surface area contributed by atoms with Crippen molar-refractivity contribution in [2.75, 3.05) is 33.3 Å². The molecule has 1 aliphatic carbocycles. The number of carbonyl (C=O) groups excluding carboxylic acids is 3. The van der Waals surface area contributed by atoms with Gasteiger partial charge in [0.05, 0.1) is 6.10 Å². The van der Waals surface area contributed by atoms with E-state index in [1.54, 1.807) is 4.90 Å². The van der Waals surface area contributed by atoms with Crippen molar-refractivity contribution < 1.29 is 19.1 Å². The van der Waals surface area contributed by atoms with Crippen LogP contribution in [-0.2, 0) is 19.1 Å². The fourth-order valence-electron chi connectivity index (χ4n) is 4.29. The highest BCUT2D eigenvalue weighted by Gasteiger charge is 2.31. The second-order valence-corrected chi connectivity index (χ2v) is 8.83. The van der Waals surface area contributed by atoms with Gasteiger partial charge in [0, 0.05) is 38.5 Å². The molecule has 0 spiro atoms. The number of likely N-dealkylation sites (N-methyl/N-ethyl adjacent to an activating group) is 1. The van der Waals surface area contributed by atoms with E-state index < -0.39 is 0 Å². The van der Waals surface area contributed by atoms with Gasteiger partial charge in [-0.2, -0.15) is 0 Å². The molecule has 0 aromatic heterocycles. The fourth-order valence-corrected chi connectivity index (χ4v) is 4.29. The van der Waals surface area contributed by atoms with Crippen LogP contribution in [0.5, 0.6) is 0 Å². The average Bonchev–Trinajstić information content (AvgIpc) is 2.85. The maximum Gasteiger partial charge on any atom is 0.248 e. The van der Waals surface area contributed by atoms with E-state index in [1.807, 2.05) is 53.5 Å². The molecule has 0 atom stereocenters. The van der Waals surface area contributed by atoms with E-state index in [-0.39, 0.29) is 30.5 Å². The summed E-state index contributed by atoms with van der Waals surface area (Å²) in [5.41, 5.74) is 0. The van der Waals surface area contributed by atoms with Crippen molar-refractivity contribution in [1.82, 2.24) is 9.80 Å². The summed E-state index contributed by atoms with van der Waals surface area (Å²) in [6.07, 6.45) is 8.81. The van der Waals surface area contributed by atoms with E-state index in [1.165, 1.54) is 0 Å². The van der Waals surface area contributed by atoms with Crippen LogP contribution >= 0.6 is 0 Å². The van der Waals surface area contributed by atoms with Gasteiger partial charge in [0.1, 0.15) is 12.9 Å². The minimum Gasteiger partial charge on any atom is -0.369 e. The van der Waals surface area contributed by atoms with Crippen LogP contribution in [0.25, 0.3) is 0 Å². The third-order valence-corrected chi connectivity index (χ3v) is 6.31. The molecule has 6 heteroatoms. The smallest absolute Gasteiger partial charge is 0.248 e. The predicted molar refractivity (Wildman–Crippen MR) is 131 cm³/mol. The molecule has 2 fully saturated rings. The molecule has 1 saturated heterocycles. The highest BCUT2D eigenvalue weighted by Crippen LogP contribution is 2.30. The van der Waals surface area contributed by atoms with E-state index in [2.05, 4.69) is 0 Å². The molecule has 0 aromatic rings. The zero-order valence-corrected chi connectivity index (χ0v) is 21.9. The summed E-state index contributed by atoms with van der Waals surface area (Å²) in [5.74, 6) is 1.28. The van der Waals surface area contributed by atoms with Crippen molar-refractivity contribution in [3.63, 3.8) is 0 Å². The molecule has 0 unspecified atom stereocenters. The number of rotatable bonds is 9. The summed E-state index contributed by atoms with van der Waals surface area (Å²) in [6.45, 7) is 14.5. The molecular weight excluding hydrogens is 404 g/mol. The van der Waals surface area contributed by atoms with Crippen LogP contribution in [0.3, 0.4) is 0 Å². The molecule has 188 valence electrons. The highest BCUT2D eigenvalue weighted by atomic mass is 16.5. The third kappa shape index (κ3) is 11.4. The Balaban J connectivity index is 0.00000227. The van der Waals surface area contributed by atoms with Gasteiger partial charge in [-0.1, -0.05) is 27.7 Å². The first kappa shape index (κ1) is 30.6. The van der Waals surface area contributed by atoms with Gasteiger partial charge in [0.15, 0.2) is 0 Å². The van der Waals surface area contributed by atoms with Gasteiger partial charge in [-0.15, -0.1) is 0 Å². The molecule has 0 N–H and O–H groups in total. The number of hydrogen-bond acceptors (Lipinski definition) is 4. The summed E-state index contributed by atoms with van der Waals surface area (Å²) in [5, 5.41) is 0. The molecule has 0 bridgehead atoms. The second kappa shape index (κ2) is 18.0. The Labute approximate surface area is 197 Å². The second-order valence-electron chi connectivity index (χ2n) is 8.83. The molecule has 2 rings (SSSR count). The Bertz CT molecular complexity index is 508. The van der Waals surface area contributed by atoms with Crippen molar-refractivity contribution in [2.24, 2.45) is 17.8 Å². The number of piperidine rings is 1. The topological polar surface area (TPSA) is 66.9 Å². The van der Waals surface area contributed by atoms with E-state index in [0.29, 0.717) is 11.8 Å². The van der Waals surface area contributed by atoms with Gasteiger partial charge in [0.25, 0.3) is 0 Å². The average molecular weight is 455 g/mol. The number of likely N-dealkylation sites (tertiary alicyclic amines) is 1. The maximum atomic E-state index is 12.7. The minimum atomic E-state index is 0.0402. The lowest BCUT2D eigenvalue weighted by Gasteiger charge is -2.36. The summed E-state index contributed by atoms with van der Waals surface area (Å²) in [4.78, 5) is 39.4. The van der Waals surface area contributed by atoms with Crippen LogP contribution in [-0.4, -0.2) is 67.3 Å². The first-order valence-electron chi connectivity index (χ1n) is 13.0. The number of hydrogen-bond donors (Lipinski definition) is 0. The van der Waals surface area contributed by atoms with Crippen molar-refractivity contribution in [1.29, 1.82) is 0 Å². The molecule has 32 heavy (non-hydrogen) atoms. The van der Waals surface area contributed by atoms with Crippen molar-refractivity contribution >= 4 is 18.1 Å². The summed E-state index contributed by atoms with van der Waals surface area (Å²) in [7, 11) is 1.84. The molecule has 6 nitrogen and oxygen atoms in total. The van der Waals surface area contributed by atoms with Crippen LogP contribution in [0.2, 0.25) is 0 Å². The van der Waals surface area contributed by atoms with Crippen LogP contribution in [0.4, 0.5) is 0 Å². The molecule has 2 amide bonds. The van der Waals surface area contributed by atoms with E-state index in [0.717, 1.165) is 77.3 Å². The van der Waals surface area contributed by atoms with Gasteiger partial charge in [-0.25, -0.2) is 0 Å². The van der Waals surface area contributed by atoms with E-state index >= 15 is 0 Å². The maximum absolute atomic E-state index is 12.7. The summed E-state index contributed by atoms with van der Waals surface area (Å²) >= 11 is 0. The third-order valence-electron chi connectivity index (χ3n) is 6.31. The van der Waals surface area contributed by atoms with Crippen molar-refractivity contribution in [2.45, 2.75) is 99.0 Å². The molecule has 1 aliphatic heterocycles. The zero-order chi connectivity index (χ0) is 24.5. The lowest BCUT2D eigenvalue weighted by Crippen LogP contribution is -2.42. The Kier molecular flexibility index (Phi) is 17.2. The zero-order valence-electron chi connectivity index (χ0n) is 21.9. The summed E-state index contributed by atoms with van der Waals surface area (Å²) < 4.78 is 5.37. The fraction of sp³-hybridized carbons (Fsp3) is 0.885. The van der Waals surface area contributed by atoms with Gasteiger partial charge in [0.2, 0.25) is 11.8 Å². The Hall–Kier alpha value is -1.43. The molecule has 2 aliphatic rings. The Morgan fingerprint density at radius 2 is 1.56 bits per heavy atom. The van der Waals surface area contributed by atoms with E-state index in [4.69, 9.17) is 4.74 Å².